The number of hydrogen-bond acceptors (Lipinski definition) is 5. The summed E-state index contributed by atoms with van der Waals surface area (Å²) in [5, 5.41) is 3.10. The molecule has 0 aliphatic carbocycles. The predicted octanol–water partition coefficient (Wildman–Crippen LogP) is 2.00. The fourth-order valence-electron chi connectivity index (χ4n) is 1.70. The molecule has 0 aromatic carbocycles. The standard InChI is InChI=1S/C14H25N3O3S/c1-3-7-16-13-6-9-15-12-14(13)21(18,19)17-8-5-11-20-10-4-2/h6,9,12,17H,3-5,7-8,10-11H2,1-2H3,(H,15,16). The third-order valence-electron chi connectivity index (χ3n) is 2.75. The predicted molar refractivity (Wildman–Crippen MR) is 83.9 cm³/mol. The van der Waals surface area contributed by atoms with Crippen LogP contribution < -0.4 is 10.0 Å². The summed E-state index contributed by atoms with van der Waals surface area (Å²) in [5.74, 6) is 0. The maximum atomic E-state index is 12.3. The summed E-state index contributed by atoms with van der Waals surface area (Å²) < 4.78 is 32.4. The number of sulfonamides is 1. The monoisotopic (exact) mass is 315 g/mol. The lowest BCUT2D eigenvalue weighted by Gasteiger charge is -2.12. The molecule has 0 saturated heterocycles. The molecule has 1 heterocycles. The summed E-state index contributed by atoms with van der Waals surface area (Å²) >= 11 is 0. The topological polar surface area (TPSA) is 80.3 Å². The van der Waals surface area contributed by atoms with Crippen LogP contribution in [0.2, 0.25) is 0 Å². The number of nitrogens with zero attached hydrogens (tertiary/aromatic N) is 1. The van der Waals surface area contributed by atoms with Gasteiger partial charge in [-0.25, -0.2) is 13.1 Å². The highest BCUT2D eigenvalue weighted by atomic mass is 32.2. The Labute approximate surface area is 127 Å². The van der Waals surface area contributed by atoms with Crippen molar-refractivity contribution in [3.05, 3.63) is 18.5 Å². The van der Waals surface area contributed by atoms with Gasteiger partial charge >= 0.3 is 0 Å². The quantitative estimate of drug-likeness (QED) is 0.611. The van der Waals surface area contributed by atoms with E-state index >= 15 is 0 Å². The summed E-state index contributed by atoms with van der Waals surface area (Å²) in [6, 6.07) is 1.68. The Morgan fingerprint density at radius 2 is 2.00 bits per heavy atom. The minimum Gasteiger partial charge on any atom is -0.384 e. The molecule has 21 heavy (non-hydrogen) atoms. The highest BCUT2D eigenvalue weighted by Crippen LogP contribution is 2.19. The van der Waals surface area contributed by atoms with Gasteiger partial charge in [-0.05, 0) is 25.3 Å². The van der Waals surface area contributed by atoms with E-state index in [0.29, 0.717) is 31.9 Å². The first-order valence-corrected chi connectivity index (χ1v) is 8.85. The lowest BCUT2D eigenvalue weighted by molar-refractivity contribution is 0.133. The van der Waals surface area contributed by atoms with Crippen LogP contribution in [0, 0.1) is 0 Å². The second kappa shape index (κ2) is 9.70. The van der Waals surface area contributed by atoms with Gasteiger partial charge in [0.1, 0.15) is 4.90 Å². The molecule has 2 N–H and O–H groups in total. The van der Waals surface area contributed by atoms with Crippen LogP contribution in [0.3, 0.4) is 0 Å². The Balaban J connectivity index is 2.57. The fraction of sp³-hybridized carbons (Fsp3) is 0.643. The van der Waals surface area contributed by atoms with Crippen LogP contribution >= 0.6 is 0 Å². The summed E-state index contributed by atoms with van der Waals surface area (Å²) in [5.41, 5.74) is 0.585. The molecule has 0 aliphatic rings. The van der Waals surface area contributed by atoms with Crippen LogP contribution in [0.5, 0.6) is 0 Å². The van der Waals surface area contributed by atoms with Gasteiger partial charge < -0.3 is 10.1 Å². The van der Waals surface area contributed by atoms with Crippen molar-refractivity contribution in [1.29, 1.82) is 0 Å². The molecular weight excluding hydrogens is 290 g/mol. The average molecular weight is 315 g/mol. The van der Waals surface area contributed by atoms with E-state index in [1.165, 1.54) is 6.20 Å². The third-order valence-corrected chi connectivity index (χ3v) is 4.23. The highest BCUT2D eigenvalue weighted by molar-refractivity contribution is 7.89. The SMILES string of the molecule is CCCNc1ccncc1S(=O)(=O)NCCCOCCC. The molecule has 120 valence electrons. The van der Waals surface area contributed by atoms with Crippen LogP contribution in [-0.2, 0) is 14.8 Å². The van der Waals surface area contributed by atoms with Crippen molar-refractivity contribution in [1.82, 2.24) is 9.71 Å². The van der Waals surface area contributed by atoms with E-state index in [4.69, 9.17) is 4.74 Å². The van der Waals surface area contributed by atoms with Crippen LogP contribution in [0.4, 0.5) is 5.69 Å². The average Bonchev–Trinajstić information content (AvgIpc) is 2.49. The number of pyridine rings is 1. The molecule has 0 aliphatic heterocycles. The van der Waals surface area contributed by atoms with Crippen LogP contribution in [-0.4, -0.2) is 39.7 Å². The Hall–Kier alpha value is -1.18. The van der Waals surface area contributed by atoms with E-state index in [1.807, 2.05) is 13.8 Å². The number of ether oxygens (including phenoxy) is 1. The zero-order valence-electron chi connectivity index (χ0n) is 12.8. The summed E-state index contributed by atoms with van der Waals surface area (Å²) in [7, 11) is -3.54. The first-order chi connectivity index (χ1) is 10.1. The van der Waals surface area contributed by atoms with Gasteiger partial charge in [0.05, 0.1) is 5.69 Å². The molecule has 1 aromatic rings. The molecule has 0 bridgehead atoms. The van der Waals surface area contributed by atoms with Crippen molar-refractivity contribution in [2.24, 2.45) is 0 Å². The third kappa shape index (κ3) is 6.41. The molecule has 0 spiro atoms. The van der Waals surface area contributed by atoms with Gasteiger partial charge in [-0.3, -0.25) is 4.98 Å². The Kier molecular flexibility index (Phi) is 8.26. The Morgan fingerprint density at radius 1 is 1.19 bits per heavy atom. The lowest BCUT2D eigenvalue weighted by atomic mass is 10.4. The molecule has 0 radical (unpaired) electrons. The van der Waals surface area contributed by atoms with Gasteiger partial charge in [-0.15, -0.1) is 0 Å². The molecule has 6 nitrogen and oxygen atoms in total. The maximum Gasteiger partial charge on any atom is 0.244 e. The zero-order chi connectivity index (χ0) is 15.6. The summed E-state index contributed by atoms with van der Waals surface area (Å²) in [6.45, 7) is 6.41. The van der Waals surface area contributed by atoms with E-state index in [0.717, 1.165) is 19.4 Å². The van der Waals surface area contributed by atoms with E-state index in [2.05, 4.69) is 15.0 Å². The Bertz CT molecular complexity index is 506. The molecule has 7 heteroatoms. The first kappa shape index (κ1) is 17.9. The minimum absolute atomic E-state index is 0.188. The van der Waals surface area contributed by atoms with Gasteiger partial charge in [0, 0.05) is 38.7 Å². The van der Waals surface area contributed by atoms with Crippen LogP contribution in [0.1, 0.15) is 33.1 Å². The van der Waals surface area contributed by atoms with Crippen molar-refractivity contribution in [2.45, 2.75) is 38.0 Å². The zero-order valence-corrected chi connectivity index (χ0v) is 13.6. The van der Waals surface area contributed by atoms with E-state index in [-0.39, 0.29) is 4.90 Å². The number of anilines is 1. The molecular formula is C14H25N3O3S. The summed E-state index contributed by atoms with van der Waals surface area (Å²) in [4.78, 5) is 4.09. The van der Waals surface area contributed by atoms with Gasteiger partial charge in [0.2, 0.25) is 10.0 Å². The second-order valence-electron chi connectivity index (χ2n) is 4.66. The number of nitrogens with one attached hydrogen (secondary N) is 2. The van der Waals surface area contributed by atoms with Crippen molar-refractivity contribution in [3.63, 3.8) is 0 Å². The maximum absolute atomic E-state index is 12.3. The van der Waals surface area contributed by atoms with Crippen LogP contribution in [0.15, 0.2) is 23.4 Å². The van der Waals surface area contributed by atoms with E-state index in [9.17, 15) is 8.42 Å². The number of hydrogen-bond donors (Lipinski definition) is 2. The largest absolute Gasteiger partial charge is 0.384 e. The van der Waals surface area contributed by atoms with Gasteiger partial charge in [-0.2, -0.15) is 0 Å². The number of aromatic nitrogens is 1. The fourth-order valence-corrected chi connectivity index (χ4v) is 2.90. The smallest absolute Gasteiger partial charge is 0.244 e. The van der Waals surface area contributed by atoms with Gasteiger partial charge in [0.25, 0.3) is 0 Å². The molecule has 0 saturated carbocycles. The first-order valence-electron chi connectivity index (χ1n) is 7.37. The molecule has 1 rings (SSSR count). The van der Waals surface area contributed by atoms with Crippen molar-refractivity contribution in [3.8, 4) is 0 Å². The highest BCUT2D eigenvalue weighted by Gasteiger charge is 2.17. The van der Waals surface area contributed by atoms with Crippen molar-refractivity contribution >= 4 is 15.7 Å². The lowest BCUT2D eigenvalue weighted by Crippen LogP contribution is -2.26. The van der Waals surface area contributed by atoms with Gasteiger partial charge in [0.15, 0.2) is 0 Å². The van der Waals surface area contributed by atoms with E-state index in [1.54, 1.807) is 12.3 Å². The molecule has 0 amide bonds. The van der Waals surface area contributed by atoms with Gasteiger partial charge in [-0.1, -0.05) is 13.8 Å². The Morgan fingerprint density at radius 3 is 2.71 bits per heavy atom. The van der Waals surface area contributed by atoms with Crippen molar-refractivity contribution < 1.29 is 13.2 Å². The summed E-state index contributed by atoms with van der Waals surface area (Å²) in [6.07, 6.45) is 5.48. The molecule has 0 atom stereocenters. The molecule has 0 unspecified atom stereocenters. The minimum atomic E-state index is -3.54. The molecule has 1 aromatic heterocycles. The van der Waals surface area contributed by atoms with Crippen LogP contribution in [0.25, 0.3) is 0 Å². The molecule has 0 fully saturated rings. The van der Waals surface area contributed by atoms with Crippen molar-refractivity contribution in [2.75, 3.05) is 31.6 Å². The van der Waals surface area contributed by atoms with E-state index < -0.39 is 10.0 Å². The number of rotatable bonds is 11. The second-order valence-corrected chi connectivity index (χ2v) is 6.40. The normalized spacial score (nSPS) is 11.5.